The molecule has 2 aliphatic rings. The van der Waals surface area contributed by atoms with Crippen molar-refractivity contribution in [1.29, 1.82) is 0 Å². The molecule has 2 N–H and O–H groups in total. The van der Waals surface area contributed by atoms with Crippen molar-refractivity contribution in [2.24, 2.45) is 28.0 Å². The number of thioether (sulfide) groups is 1. The van der Waals surface area contributed by atoms with Crippen LogP contribution in [0.4, 0.5) is 0 Å². The van der Waals surface area contributed by atoms with Gasteiger partial charge < -0.3 is 10.6 Å². The van der Waals surface area contributed by atoms with E-state index < -0.39 is 0 Å². The molecule has 0 aromatic heterocycles. The van der Waals surface area contributed by atoms with Gasteiger partial charge in [0.25, 0.3) is 0 Å². The zero-order valence-corrected chi connectivity index (χ0v) is 18.0. The number of allylic oxidation sites excluding steroid dienone is 1. The first kappa shape index (κ1) is 20.3. The van der Waals surface area contributed by atoms with Crippen LogP contribution in [0, 0.1) is 17.3 Å². The maximum absolute atomic E-state index is 11.9. The van der Waals surface area contributed by atoms with Gasteiger partial charge in [-0.05, 0) is 37.5 Å². The van der Waals surface area contributed by atoms with Crippen LogP contribution >= 0.6 is 11.8 Å². The highest BCUT2D eigenvalue weighted by Gasteiger charge is 2.47. The van der Waals surface area contributed by atoms with Crippen molar-refractivity contribution >= 4 is 23.5 Å². The molecule has 0 aromatic carbocycles. The first-order valence-electron chi connectivity index (χ1n) is 9.39. The summed E-state index contributed by atoms with van der Waals surface area (Å²) < 4.78 is -0.0246. The minimum Gasteiger partial charge on any atom is -0.369 e. The Kier molecular flexibility index (Phi) is 5.68. The summed E-state index contributed by atoms with van der Waals surface area (Å²) in [5.74, 6) is 1.13. The van der Waals surface area contributed by atoms with Crippen LogP contribution in [0.5, 0.6) is 0 Å². The molecule has 1 fully saturated rings. The Balaban J connectivity index is 2.68. The maximum Gasteiger partial charge on any atom is 0.222 e. The van der Waals surface area contributed by atoms with E-state index >= 15 is 0 Å². The molecule has 1 saturated heterocycles. The molecule has 0 radical (unpaired) electrons. The van der Waals surface area contributed by atoms with Gasteiger partial charge in [-0.25, -0.2) is 0 Å². The van der Waals surface area contributed by atoms with Crippen LogP contribution in [-0.4, -0.2) is 40.2 Å². The number of carbonyl (C=O) groups excluding carboxylic acids is 1. The summed E-state index contributed by atoms with van der Waals surface area (Å²) in [6.45, 7) is 16.5. The Morgan fingerprint density at radius 1 is 1.36 bits per heavy atom. The summed E-state index contributed by atoms with van der Waals surface area (Å²) in [5, 5.41) is 0. The van der Waals surface area contributed by atoms with Gasteiger partial charge in [0.1, 0.15) is 5.84 Å². The second-order valence-corrected chi connectivity index (χ2v) is 10.3. The summed E-state index contributed by atoms with van der Waals surface area (Å²) in [6, 6.07) is 0.148. The fourth-order valence-electron chi connectivity index (χ4n) is 3.85. The van der Waals surface area contributed by atoms with E-state index in [0.29, 0.717) is 12.5 Å². The van der Waals surface area contributed by atoms with Gasteiger partial charge >= 0.3 is 0 Å². The van der Waals surface area contributed by atoms with Gasteiger partial charge in [-0.1, -0.05) is 34.6 Å². The Morgan fingerprint density at radius 3 is 2.40 bits per heavy atom. The Morgan fingerprint density at radius 2 is 1.96 bits per heavy atom. The van der Waals surface area contributed by atoms with Crippen LogP contribution in [-0.2, 0) is 4.79 Å². The van der Waals surface area contributed by atoms with Crippen molar-refractivity contribution in [2.45, 2.75) is 72.1 Å². The Hall–Kier alpha value is -0.970. The standard InChI is InChI=1S/C20H35N3OS/c1-9-19(4,5)16-15(20(6,7)25-8)14-10-13(17(21)24)11-23(14)18(22-16)12(2)3/h12-13,16H,9-11H2,1-8H3,(H2,21,24)/t13-,16+/m1/s1. The number of nitrogens with zero attached hydrogens (tertiary/aromatic N) is 2. The molecule has 1 amide bonds. The number of carbonyl (C=O) groups is 1. The van der Waals surface area contributed by atoms with E-state index in [9.17, 15) is 4.79 Å². The van der Waals surface area contributed by atoms with Gasteiger partial charge in [0.05, 0.1) is 12.0 Å². The number of nitrogens with two attached hydrogens (primary N) is 1. The molecule has 4 nitrogen and oxygen atoms in total. The number of hydrogen-bond acceptors (Lipinski definition) is 4. The van der Waals surface area contributed by atoms with Gasteiger partial charge in [0, 0.05) is 29.3 Å². The number of rotatable bonds is 6. The highest BCUT2D eigenvalue weighted by Crippen LogP contribution is 2.48. The molecular weight excluding hydrogens is 330 g/mol. The molecule has 2 atom stereocenters. The first-order valence-corrected chi connectivity index (χ1v) is 10.6. The number of amidine groups is 1. The molecule has 0 aromatic rings. The van der Waals surface area contributed by atoms with Crippen molar-refractivity contribution in [3.8, 4) is 0 Å². The van der Waals surface area contributed by atoms with Crippen LogP contribution in [0.15, 0.2) is 16.3 Å². The van der Waals surface area contributed by atoms with Crippen LogP contribution in [0.1, 0.15) is 61.3 Å². The largest absolute Gasteiger partial charge is 0.369 e. The quantitative estimate of drug-likeness (QED) is 0.772. The van der Waals surface area contributed by atoms with E-state index in [0.717, 1.165) is 18.7 Å². The van der Waals surface area contributed by atoms with E-state index in [-0.39, 0.29) is 28.0 Å². The van der Waals surface area contributed by atoms with Crippen molar-refractivity contribution < 1.29 is 4.79 Å². The third kappa shape index (κ3) is 3.62. The SMILES string of the molecule is CCC(C)(C)[C@H]1N=C(C(C)C)N2C[C@H](C(N)=O)CC2=C1C(C)(C)SC. The third-order valence-corrected chi connectivity index (χ3v) is 7.26. The normalized spacial score (nSPS) is 24.7. The lowest BCUT2D eigenvalue weighted by molar-refractivity contribution is -0.121. The monoisotopic (exact) mass is 365 g/mol. The highest BCUT2D eigenvalue weighted by atomic mass is 32.2. The van der Waals surface area contributed by atoms with E-state index in [1.165, 1.54) is 11.3 Å². The third-order valence-electron chi connectivity index (χ3n) is 6.02. The van der Waals surface area contributed by atoms with Crippen LogP contribution in [0.2, 0.25) is 0 Å². The summed E-state index contributed by atoms with van der Waals surface area (Å²) >= 11 is 1.86. The van der Waals surface area contributed by atoms with Gasteiger partial charge in [-0.3, -0.25) is 9.79 Å². The predicted octanol–water partition coefficient (Wildman–Crippen LogP) is 4.06. The molecule has 2 rings (SSSR count). The molecule has 2 heterocycles. The maximum atomic E-state index is 11.9. The van der Waals surface area contributed by atoms with Gasteiger partial charge in [0.15, 0.2) is 0 Å². The van der Waals surface area contributed by atoms with Crippen molar-refractivity contribution in [1.82, 2.24) is 4.90 Å². The molecule has 5 heteroatoms. The average molecular weight is 366 g/mol. The fourth-order valence-corrected chi connectivity index (χ4v) is 4.30. The lowest BCUT2D eigenvalue weighted by Gasteiger charge is -2.45. The van der Waals surface area contributed by atoms with E-state index in [1.54, 1.807) is 0 Å². The second kappa shape index (κ2) is 6.98. The molecule has 2 aliphatic heterocycles. The number of hydrogen-bond donors (Lipinski definition) is 1. The predicted molar refractivity (Wildman–Crippen MR) is 109 cm³/mol. The Bertz CT molecular complexity index is 604. The minimum atomic E-state index is -0.197. The molecular formula is C20H35N3OS. The van der Waals surface area contributed by atoms with Gasteiger partial charge in [0.2, 0.25) is 5.91 Å². The molecule has 0 spiro atoms. The second-order valence-electron chi connectivity index (χ2n) is 8.88. The minimum absolute atomic E-state index is 0.0246. The van der Waals surface area contributed by atoms with Crippen molar-refractivity contribution in [2.75, 3.05) is 12.8 Å². The summed E-state index contributed by atoms with van der Waals surface area (Å²) in [5.41, 5.74) is 8.44. The van der Waals surface area contributed by atoms with Crippen LogP contribution in [0.25, 0.3) is 0 Å². The van der Waals surface area contributed by atoms with Crippen LogP contribution < -0.4 is 5.73 Å². The van der Waals surface area contributed by atoms with E-state index in [4.69, 9.17) is 10.7 Å². The average Bonchev–Trinajstić information content (AvgIpc) is 2.97. The molecule has 0 saturated carbocycles. The fraction of sp³-hybridized carbons (Fsp3) is 0.800. The smallest absolute Gasteiger partial charge is 0.222 e. The zero-order valence-electron chi connectivity index (χ0n) is 17.1. The van der Waals surface area contributed by atoms with E-state index in [2.05, 4.69) is 59.6 Å². The topological polar surface area (TPSA) is 58.7 Å². The van der Waals surface area contributed by atoms with Crippen LogP contribution in [0.3, 0.4) is 0 Å². The molecule has 25 heavy (non-hydrogen) atoms. The molecule has 0 unspecified atom stereocenters. The summed E-state index contributed by atoms with van der Waals surface area (Å²) in [6.07, 6.45) is 3.97. The van der Waals surface area contributed by atoms with E-state index in [1.807, 2.05) is 11.8 Å². The molecule has 0 aliphatic carbocycles. The van der Waals surface area contributed by atoms with Gasteiger partial charge in [-0.2, -0.15) is 11.8 Å². The Labute approximate surface area is 157 Å². The summed E-state index contributed by atoms with van der Waals surface area (Å²) in [7, 11) is 0. The molecule has 0 bridgehead atoms. The van der Waals surface area contributed by atoms with Crippen molar-refractivity contribution in [3.63, 3.8) is 0 Å². The summed E-state index contributed by atoms with van der Waals surface area (Å²) in [4.78, 5) is 19.5. The number of amides is 1. The number of aliphatic imine (C=N–C) groups is 1. The highest BCUT2D eigenvalue weighted by molar-refractivity contribution is 8.00. The lowest BCUT2D eigenvalue weighted by Crippen LogP contribution is -2.46. The van der Waals surface area contributed by atoms with Gasteiger partial charge in [-0.15, -0.1) is 0 Å². The molecule has 142 valence electrons. The number of fused-ring (bicyclic) bond motifs is 1. The number of primary amides is 1. The lowest BCUT2D eigenvalue weighted by atomic mass is 9.73. The first-order chi connectivity index (χ1) is 11.5. The zero-order chi connectivity index (χ0) is 19.2. The van der Waals surface area contributed by atoms with Crippen molar-refractivity contribution in [3.05, 3.63) is 11.3 Å².